The van der Waals surface area contributed by atoms with Crippen LogP contribution in [-0.4, -0.2) is 35.5 Å². The van der Waals surface area contributed by atoms with Gasteiger partial charge in [-0.25, -0.2) is 9.59 Å². The van der Waals surface area contributed by atoms with Crippen molar-refractivity contribution in [2.45, 2.75) is 38.2 Å². The van der Waals surface area contributed by atoms with E-state index in [-0.39, 0.29) is 12.1 Å². The van der Waals surface area contributed by atoms with E-state index in [1.165, 1.54) is 29.0 Å². The number of urea groups is 1. The molecule has 0 radical (unpaired) electrons. The highest BCUT2D eigenvalue weighted by atomic mass is 19.3. The first-order valence-electron chi connectivity index (χ1n) is 13.0. The fourth-order valence-corrected chi connectivity index (χ4v) is 4.41. The summed E-state index contributed by atoms with van der Waals surface area (Å²) in [6, 6.07) is 21.8. The van der Waals surface area contributed by atoms with Crippen LogP contribution < -0.4 is 15.5 Å². The van der Waals surface area contributed by atoms with Gasteiger partial charge in [-0.15, -0.1) is 0 Å². The number of nitrogens with zero attached hydrogens (tertiary/aromatic N) is 2. The van der Waals surface area contributed by atoms with Crippen LogP contribution >= 0.6 is 0 Å². The number of nitriles is 1. The quantitative estimate of drug-likeness (QED) is 0.288. The number of carboxylic acid groups (broad SMARTS) is 1. The van der Waals surface area contributed by atoms with Gasteiger partial charge in [0.15, 0.2) is 0 Å². The van der Waals surface area contributed by atoms with Gasteiger partial charge >= 0.3 is 17.9 Å². The molecule has 0 spiro atoms. The van der Waals surface area contributed by atoms with Crippen molar-refractivity contribution < 1.29 is 28.3 Å². The Kier molecular flexibility index (Phi) is 9.09. The smallest absolute Gasteiger partial charge is 0.376 e. The number of hydrogen-bond acceptors (Lipinski definition) is 4. The summed E-state index contributed by atoms with van der Waals surface area (Å²) in [6.45, 7) is -1.22. The predicted molar refractivity (Wildman–Crippen MR) is 151 cm³/mol. The molecule has 3 amide bonds. The second kappa shape index (κ2) is 12.9. The highest BCUT2D eigenvalue weighted by Gasteiger charge is 2.39. The Bertz CT molecular complexity index is 1500. The Balaban J connectivity index is 1.54. The molecule has 0 unspecified atom stereocenters. The maximum atomic E-state index is 13.5. The number of carbonyl (C=O) groups excluding carboxylic acids is 2. The summed E-state index contributed by atoms with van der Waals surface area (Å²) < 4.78 is 26.6. The molecule has 41 heavy (non-hydrogen) atoms. The lowest BCUT2D eigenvalue weighted by atomic mass is 9.93. The molecular formula is C31H28F2N4O4. The van der Waals surface area contributed by atoms with E-state index < -0.39 is 30.4 Å². The lowest BCUT2D eigenvalue weighted by Gasteiger charge is -2.24. The van der Waals surface area contributed by atoms with Crippen LogP contribution in [0.15, 0.2) is 78.9 Å². The molecule has 1 aliphatic carbocycles. The summed E-state index contributed by atoms with van der Waals surface area (Å²) in [5, 5.41) is 22.5. The summed E-state index contributed by atoms with van der Waals surface area (Å²) in [5.74, 6) is -7.26. The molecule has 3 aromatic carbocycles. The lowest BCUT2D eigenvalue weighted by Crippen LogP contribution is -2.42. The van der Waals surface area contributed by atoms with Gasteiger partial charge < -0.3 is 15.7 Å². The van der Waals surface area contributed by atoms with Gasteiger partial charge in [-0.1, -0.05) is 36.4 Å². The van der Waals surface area contributed by atoms with Crippen molar-refractivity contribution in [1.29, 1.82) is 5.26 Å². The fraction of sp³-hybridized carbons (Fsp3) is 0.226. The minimum atomic E-state index is -4.08. The lowest BCUT2D eigenvalue weighted by molar-refractivity contribution is -0.163. The molecule has 3 aromatic rings. The Morgan fingerprint density at radius 2 is 1.73 bits per heavy atom. The van der Waals surface area contributed by atoms with E-state index in [1.54, 1.807) is 36.4 Å². The van der Waals surface area contributed by atoms with E-state index in [4.69, 9.17) is 5.11 Å². The van der Waals surface area contributed by atoms with Crippen LogP contribution in [0.3, 0.4) is 0 Å². The van der Waals surface area contributed by atoms with Crippen molar-refractivity contribution in [2.75, 3.05) is 16.8 Å². The first kappa shape index (κ1) is 29.0. The number of halogens is 2. The topological polar surface area (TPSA) is 123 Å². The SMILES string of the molecule is N#Cc1cccc(NC(=O)N(Cc2ccc(C(=O)NCC(F)(F)C(=O)O)cc2)c2ccc(C3=CCCCC3)cc2)c1. The second-order valence-electron chi connectivity index (χ2n) is 9.62. The third-order valence-electron chi connectivity index (χ3n) is 6.67. The van der Waals surface area contributed by atoms with Crippen LogP contribution in [0.1, 0.15) is 52.7 Å². The van der Waals surface area contributed by atoms with E-state index in [0.717, 1.165) is 24.8 Å². The summed E-state index contributed by atoms with van der Waals surface area (Å²) in [5.41, 5.74) is 4.56. The molecule has 0 atom stereocenters. The average Bonchev–Trinajstić information content (AvgIpc) is 2.99. The van der Waals surface area contributed by atoms with Gasteiger partial charge in [-0.05, 0) is 84.8 Å². The Hall–Kier alpha value is -5.04. The number of benzene rings is 3. The van der Waals surface area contributed by atoms with Gasteiger partial charge in [-0.3, -0.25) is 9.69 Å². The predicted octanol–water partition coefficient (Wildman–Crippen LogP) is 6.20. The Labute approximate surface area is 235 Å². The number of aliphatic carboxylic acids is 1. The molecule has 4 rings (SSSR count). The zero-order valence-electron chi connectivity index (χ0n) is 22.1. The summed E-state index contributed by atoms with van der Waals surface area (Å²) in [7, 11) is 0. The van der Waals surface area contributed by atoms with Crippen molar-refractivity contribution in [3.8, 4) is 6.07 Å². The molecule has 1 aliphatic rings. The Morgan fingerprint density at radius 3 is 2.37 bits per heavy atom. The number of carbonyl (C=O) groups is 3. The summed E-state index contributed by atoms with van der Waals surface area (Å²) in [6.07, 6.45) is 6.61. The van der Waals surface area contributed by atoms with Crippen LogP contribution in [-0.2, 0) is 11.3 Å². The average molecular weight is 559 g/mol. The van der Waals surface area contributed by atoms with E-state index in [1.807, 2.05) is 35.7 Å². The number of rotatable bonds is 9. The highest BCUT2D eigenvalue weighted by Crippen LogP contribution is 2.29. The zero-order chi connectivity index (χ0) is 29.4. The molecule has 0 aliphatic heterocycles. The first-order chi connectivity index (χ1) is 19.7. The number of nitrogens with one attached hydrogen (secondary N) is 2. The number of hydrogen-bond donors (Lipinski definition) is 3. The Morgan fingerprint density at radius 1 is 1.00 bits per heavy atom. The summed E-state index contributed by atoms with van der Waals surface area (Å²) >= 11 is 0. The van der Waals surface area contributed by atoms with Crippen molar-refractivity contribution in [1.82, 2.24) is 5.32 Å². The molecular weight excluding hydrogens is 530 g/mol. The fourth-order valence-electron chi connectivity index (χ4n) is 4.41. The number of alkyl halides is 2. The summed E-state index contributed by atoms with van der Waals surface area (Å²) in [4.78, 5) is 37.8. The molecule has 8 nitrogen and oxygen atoms in total. The van der Waals surface area contributed by atoms with Gasteiger partial charge in [0.2, 0.25) is 0 Å². The van der Waals surface area contributed by atoms with E-state index >= 15 is 0 Å². The van der Waals surface area contributed by atoms with Crippen molar-refractivity contribution in [3.63, 3.8) is 0 Å². The first-order valence-corrected chi connectivity index (χ1v) is 13.0. The standard InChI is InChI=1S/C31H28F2N4O4/c32-31(33,29(39)40)20-35-28(38)25-11-9-21(10-12-25)19-37(30(41)36-26-8-4-5-22(17-26)18-34)27-15-13-24(14-16-27)23-6-2-1-3-7-23/h4-6,8-17H,1-3,7,19-20H2,(H,35,38)(H,36,41)(H,39,40). The maximum Gasteiger partial charge on any atom is 0.376 e. The van der Waals surface area contributed by atoms with Gasteiger partial charge in [0, 0.05) is 16.9 Å². The minimum absolute atomic E-state index is 0.0596. The van der Waals surface area contributed by atoms with Crippen LogP contribution in [0.4, 0.5) is 25.0 Å². The molecule has 0 bridgehead atoms. The molecule has 0 saturated carbocycles. The van der Waals surface area contributed by atoms with Gasteiger partial charge in [-0.2, -0.15) is 14.0 Å². The number of carboxylic acids is 1. The van der Waals surface area contributed by atoms with Crippen LogP contribution in [0.2, 0.25) is 0 Å². The zero-order valence-corrected chi connectivity index (χ0v) is 22.1. The minimum Gasteiger partial charge on any atom is -0.477 e. The van der Waals surface area contributed by atoms with Crippen molar-refractivity contribution in [2.24, 2.45) is 0 Å². The molecule has 0 fully saturated rings. The van der Waals surface area contributed by atoms with Crippen LogP contribution in [0, 0.1) is 11.3 Å². The largest absolute Gasteiger partial charge is 0.477 e. The van der Waals surface area contributed by atoms with E-state index in [0.29, 0.717) is 22.5 Å². The number of anilines is 2. The second-order valence-corrected chi connectivity index (χ2v) is 9.62. The molecule has 210 valence electrons. The normalized spacial score (nSPS) is 13.0. The number of allylic oxidation sites excluding steroid dienone is 2. The van der Waals surface area contributed by atoms with Crippen molar-refractivity contribution >= 4 is 34.9 Å². The van der Waals surface area contributed by atoms with Crippen LogP contribution in [0.25, 0.3) is 5.57 Å². The molecule has 0 aromatic heterocycles. The highest BCUT2D eigenvalue weighted by molar-refractivity contribution is 6.02. The van der Waals surface area contributed by atoms with Crippen LogP contribution in [0.5, 0.6) is 0 Å². The maximum absolute atomic E-state index is 13.5. The van der Waals surface area contributed by atoms with Crippen molar-refractivity contribution in [3.05, 3.63) is 101 Å². The van der Waals surface area contributed by atoms with E-state index in [9.17, 15) is 28.4 Å². The third kappa shape index (κ3) is 7.54. The van der Waals surface area contributed by atoms with E-state index in [2.05, 4.69) is 11.4 Å². The van der Waals surface area contributed by atoms with Gasteiger partial charge in [0.25, 0.3) is 5.91 Å². The third-order valence-corrected chi connectivity index (χ3v) is 6.67. The molecule has 0 heterocycles. The number of amides is 3. The molecule has 10 heteroatoms. The molecule has 0 saturated heterocycles. The molecule has 3 N–H and O–H groups in total. The van der Waals surface area contributed by atoms with Gasteiger partial charge in [0.1, 0.15) is 0 Å². The monoisotopic (exact) mass is 558 g/mol. The van der Waals surface area contributed by atoms with Gasteiger partial charge in [0.05, 0.1) is 24.7 Å².